The Kier molecular flexibility index (Phi) is 4.45. The van der Waals surface area contributed by atoms with Gasteiger partial charge in [0.25, 0.3) is 0 Å². The molecule has 1 aromatic heterocycles. The zero-order valence-electron chi connectivity index (χ0n) is 9.27. The van der Waals surface area contributed by atoms with Gasteiger partial charge in [-0.25, -0.2) is 4.98 Å². The summed E-state index contributed by atoms with van der Waals surface area (Å²) < 4.78 is 5.01. The molecule has 0 amide bonds. The van der Waals surface area contributed by atoms with Crippen molar-refractivity contribution in [3.63, 3.8) is 0 Å². The summed E-state index contributed by atoms with van der Waals surface area (Å²) in [6.45, 7) is 4.47. The third kappa shape index (κ3) is 3.45. The molecule has 0 radical (unpaired) electrons. The van der Waals surface area contributed by atoms with Gasteiger partial charge in [-0.1, -0.05) is 13.8 Å². The van der Waals surface area contributed by atoms with E-state index in [1.165, 1.54) is 19.5 Å². The van der Waals surface area contributed by atoms with Crippen LogP contribution in [0.2, 0.25) is 0 Å². The van der Waals surface area contributed by atoms with Crippen LogP contribution in [0, 0.1) is 0 Å². The molecule has 0 spiro atoms. The Morgan fingerprint density at radius 2 is 2.07 bits per heavy atom. The minimum absolute atomic E-state index is 0.322. The van der Waals surface area contributed by atoms with Crippen LogP contribution in [-0.4, -0.2) is 34.8 Å². The minimum atomic E-state index is -0.698. The predicted molar refractivity (Wildman–Crippen MR) is 56.7 cm³/mol. The van der Waals surface area contributed by atoms with Gasteiger partial charge in [-0.05, 0) is 0 Å². The monoisotopic (exact) mass is 211 g/mol. The number of hydrogen-bond donors (Lipinski definition) is 2. The Hall–Kier alpha value is -1.20. The summed E-state index contributed by atoms with van der Waals surface area (Å²) in [5.41, 5.74) is 0.466. The number of aliphatic hydroxyl groups is 1. The minimum Gasteiger partial charge on any atom is -0.480 e. The molecule has 1 heterocycles. The lowest BCUT2D eigenvalue weighted by molar-refractivity contribution is 0.161. The number of aliphatic hydroxyl groups excluding tert-OH is 1. The molecule has 1 aromatic rings. The highest BCUT2D eigenvalue weighted by Crippen LogP contribution is 2.18. The Bertz CT molecular complexity index is 304. The van der Waals surface area contributed by atoms with Crippen molar-refractivity contribution < 1.29 is 9.84 Å². The lowest BCUT2D eigenvalue weighted by atomic mass is 10.2. The second kappa shape index (κ2) is 5.63. The van der Waals surface area contributed by atoms with Gasteiger partial charge in [-0.3, -0.25) is 4.98 Å². The van der Waals surface area contributed by atoms with E-state index in [1.807, 2.05) is 13.8 Å². The molecular weight excluding hydrogens is 194 g/mol. The van der Waals surface area contributed by atoms with Gasteiger partial charge >= 0.3 is 0 Å². The van der Waals surface area contributed by atoms with Crippen LogP contribution < -0.4 is 10.1 Å². The highest BCUT2D eigenvalue weighted by Gasteiger charge is 2.15. The van der Waals surface area contributed by atoms with E-state index in [0.717, 1.165) is 0 Å². The quantitative estimate of drug-likeness (QED) is 0.743. The average Bonchev–Trinajstić information content (AvgIpc) is 2.25. The highest BCUT2D eigenvalue weighted by molar-refractivity contribution is 5.19. The molecule has 15 heavy (non-hydrogen) atoms. The van der Waals surface area contributed by atoms with Gasteiger partial charge in [0.1, 0.15) is 11.8 Å². The number of nitrogens with one attached hydrogen (secondary N) is 1. The van der Waals surface area contributed by atoms with Crippen molar-refractivity contribution in [2.24, 2.45) is 0 Å². The third-order valence-electron chi connectivity index (χ3n) is 1.92. The Balaban J connectivity index is 2.68. The highest BCUT2D eigenvalue weighted by atomic mass is 16.5. The van der Waals surface area contributed by atoms with Crippen molar-refractivity contribution in [3.05, 3.63) is 18.1 Å². The molecule has 0 aliphatic rings. The summed E-state index contributed by atoms with van der Waals surface area (Å²) >= 11 is 0. The topological polar surface area (TPSA) is 67.3 Å². The van der Waals surface area contributed by atoms with Crippen LogP contribution in [0.5, 0.6) is 5.88 Å². The van der Waals surface area contributed by atoms with Crippen LogP contribution in [0.3, 0.4) is 0 Å². The van der Waals surface area contributed by atoms with Crippen molar-refractivity contribution in [1.29, 1.82) is 0 Å². The largest absolute Gasteiger partial charge is 0.480 e. The van der Waals surface area contributed by atoms with E-state index in [1.54, 1.807) is 0 Å². The zero-order chi connectivity index (χ0) is 11.3. The molecule has 84 valence electrons. The van der Waals surface area contributed by atoms with Gasteiger partial charge in [0.2, 0.25) is 5.88 Å². The van der Waals surface area contributed by atoms with Crippen molar-refractivity contribution in [2.75, 3.05) is 13.7 Å². The van der Waals surface area contributed by atoms with Crippen molar-refractivity contribution in [2.45, 2.75) is 26.0 Å². The van der Waals surface area contributed by atoms with E-state index in [2.05, 4.69) is 15.3 Å². The summed E-state index contributed by atoms with van der Waals surface area (Å²) in [6, 6.07) is 0.322. The predicted octanol–water partition coefficient (Wildman–Crippen LogP) is 0.517. The number of nitrogens with zero attached hydrogens (tertiary/aromatic N) is 2. The molecule has 5 heteroatoms. The maximum Gasteiger partial charge on any atom is 0.238 e. The smallest absolute Gasteiger partial charge is 0.238 e. The lowest BCUT2D eigenvalue weighted by Gasteiger charge is -2.14. The van der Waals surface area contributed by atoms with E-state index in [9.17, 15) is 5.11 Å². The molecule has 0 aliphatic carbocycles. The van der Waals surface area contributed by atoms with Gasteiger partial charge < -0.3 is 15.2 Å². The standard InChI is InChI=1S/C10H17N3O2/c1-7(2)13-6-8(14)9-10(15-3)12-5-4-11-9/h4-5,7-8,13-14H,6H2,1-3H3. The maximum absolute atomic E-state index is 9.84. The Labute approximate surface area is 89.5 Å². The van der Waals surface area contributed by atoms with E-state index in [4.69, 9.17) is 4.74 Å². The van der Waals surface area contributed by atoms with E-state index >= 15 is 0 Å². The van der Waals surface area contributed by atoms with E-state index in [-0.39, 0.29) is 0 Å². The fourth-order valence-corrected chi connectivity index (χ4v) is 1.17. The summed E-state index contributed by atoms with van der Waals surface area (Å²) in [5, 5.41) is 13.0. The second-order valence-corrected chi connectivity index (χ2v) is 3.53. The molecular formula is C10H17N3O2. The molecule has 1 unspecified atom stereocenters. The summed E-state index contributed by atoms with van der Waals surface area (Å²) in [7, 11) is 1.51. The number of methoxy groups -OCH3 is 1. The van der Waals surface area contributed by atoms with Crippen LogP contribution in [0.15, 0.2) is 12.4 Å². The third-order valence-corrected chi connectivity index (χ3v) is 1.92. The molecule has 1 atom stereocenters. The molecule has 2 N–H and O–H groups in total. The Morgan fingerprint density at radius 1 is 1.40 bits per heavy atom. The molecule has 1 rings (SSSR count). The first-order valence-corrected chi connectivity index (χ1v) is 4.91. The fraction of sp³-hybridized carbons (Fsp3) is 0.600. The van der Waals surface area contributed by atoms with E-state index < -0.39 is 6.10 Å². The Morgan fingerprint density at radius 3 is 2.67 bits per heavy atom. The lowest BCUT2D eigenvalue weighted by Crippen LogP contribution is -2.28. The van der Waals surface area contributed by atoms with Crippen LogP contribution in [-0.2, 0) is 0 Å². The number of hydrogen-bond acceptors (Lipinski definition) is 5. The average molecular weight is 211 g/mol. The first-order valence-electron chi connectivity index (χ1n) is 4.91. The van der Waals surface area contributed by atoms with Gasteiger partial charge in [0.15, 0.2) is 0 Å². The molecule has 0 aliphatic heterocycles. The normalized spacial score (nSPS) is 12.9. The van der Waals surface area contributed by atoms with E-state index in [0.29, 0.717) is 24.2 Å². The molecule has 0 fully saturated rings. The van der Waals surface area contributed by atoms with Gasteiger partial charge in [0, 0.05) is 25.0 Å². The van der Waals surface area contributed by atoms with Crippen LogP contribution in [0.4, 0.5) is 0 Å². The maximum atomic E-state index is 9.84. The molecule has 0 saturated carbocycles. The van der Waals surface area contributed by atoms with Gasteiger partial charge in [-0.15, -0.1) is 0 Å². The van der Waals surface area contributed by atoms with Gasteiger partial charge in [0.05, 0.1) is 7.11 Å². The molecule has 5 nitrogen and oxygen atoms in total. The van der Waals surface area contributed by atoms with Crippen molar-refractivity contribution >= 4 is 0 Å². The van der Waals surface area contributed by atoms with Crippen LogP contribution in [0.25, 0.3) is 0 Å². The molecule has 0 saturated heterocycles. The SMILES string of the molecule is COc1nccnc1C(O)CNC(C)C. The fourth-order valence-electron chi connectivity index (χ4n) is 1.17. The zero-order valence-corrected chi connectivity index (χ0v) is 9.27. The summed E-state index contributed by atoms with van der Waals surface area (Å²) in [6.07, 6.45) is 2.37. The molecule has 0 aromatic carbocycles. The van der Waals surface area contributed by atoms with Gasteiger partial charge in [-0.2, -0.15) is 0 Å². The van der Waals surface area contributed by atoms with Crippen LogP contribution in [0.1, 0.15) is 25.6 Å². The summed E-state index contributed by atoms with van der Waals surface area (Å²) in [4.78, 5) is 8.02. The first-order chi connectivity index (χ1) is 7.15. The summed E-state index contributed by atoms with van der Waals surface area (Å²) in [5.74, 6) is 0.371. The first kappa shape index (κ1) is 11.9. The number of ether oxygens (including phenoxy) is 1. The van der Waals surface area contributed by atoms with Crippen LogP contribution >= 0.6 is 0 Å². The molecule has 0 bridgehead atoms. The second-order valence-electron chi connectivity index (χ2n) is 3.53. The number of rotatable bonds is 5. The number of aromatic nitrogens is 2. The van der Waals surface area contributed by atoms with Crippen molar-refractivity contribution in [1.82, 2.24) is 15.3 Å². The van der Waals surface area contributed by atoms with Crippen molar-refractivity contribution in [3.8, 4) is 5.88 Å².